The topological polar surface area (TPSA) is 126 Å². The summed E-state index contributed by atoms with van der Waals surface area (Å²) in [5, 5.41) is 6.80. The van der Waals surface area contributed by atoms with Crippen LogP contribution in [0.3, 0.4) is 0 Å². The molecule has 1 heterocycles. The number of hydrogen-bond donors (Lipinski definition) is 2. The molecular formula is C40H55N3O8. The number of amides is 1. The molecule has 0 spiro atoms. The van der Waals surface area contributed by atoms with Crippen molar-refractivity contribution < 1.29 is 38.0 Å². The lowest BCUT2D eigenvalue weighted by Crippen LogP contribution is -2.31. The second-order valence-corrected chi connectivity index (χ2v) is 13.6. The van der Waals surface area contributed by atoms with Gasteiger partial charge in [-0.2, -0.15) is 0 Å². The lowest BCUT2D eigenvalue weighted by atomic mass is 9.86. The van der Waals surface area contributed by atoms with Gasteiger partial charge in [-0.25, -0.2) is 9.78 Å². The van der Waals surface area contributed by atoms with Gasteiger partial charge in [0.15, 0.2) is 6.61 Å². The highest BCUT2D eigenvalue weighted by Gasteiger charge is 2.26. The van der Waals surface area contributed by atoms with Gasteiger partial charge < -0.3 is 39.1 Å². The number of nitrogens with one attached hydrogen (secondary N) is 2. The van der Waals surface area contributed by atoms with Crippen LogP contribution in [0.25, 0.3) is 22.6 Å². The van der Waals surface area contributed by atoms with Crippen LogP contribution in [0.4, 0.5) is 0 Å². The molecule has 2 N–H and O–H groups in total. The average molecular weight is 706 g/mol. The fourth-order valence-corrected chi connectivity index (χ4v) is 5.61. The molecule has 0 atom stereocenters. The number of aromatic nitrogens is 1. The summed E-state index contributed by atoms with van der Waals surface area (Å²) in [5.41, 5.74) is 5.23. The number of rotatable bonds is 22. The minimum Gasteiger partial charge on any atom is -0.491 e. The van der Waals surface area contributed by atoms with Crippen LogP contribution in [0.2, 0.25) is 0 Å². The molecule has 0 unspecified atom stereocenters. The van der Waals surface area contributed by atoms with Crippen LogP contribution in [-0.4, -0.2) is 103 Å². The molecule has 1 aromatic heterocycles. The summed E-state index contributed by atoms with van der Waals surface area (Å²) in [6.07, 6.45) is 5.65. The number of methoxy groups -OCH3 is 1. The molecule has 0 saturated carbocycles. The minimum absolute atomic E-state index is 0.347. The zero-order chi connectivity index (χ0) is 36.3. The van der Waals surface area contributed by atoms with Crippen LogP contribution in [0, 0.1) is 5.41 Å². The van der Waals surface area contributed by atoms with Crippen molar-refractivity contribution in [3.63, 3.8) is 0 Å². The Hall–Kier alpha value is -3.87. The van der Waals surface area contributed by atoms with Crippen molar-refractivity contribution in [2.45, 2.75) is 46.5 Å². The number of carbonyl (C=O) groups is 2. The number of allylic oxidation sites excluding steroid dienone is 1. The van der Waals surface area contributed by atoms with Gasteiger partial charge in [0.2, 0.25) is 0 Å². The smallest absolute Gasteiger partial charge is 0.339 e. The number of fused-ring (bicyclic) bond motifs is 2. The second-order valence-electron chi connectivity index (χ2n) is 13.6. The van der Waals surface area contributed by atoms with Crippen molar-refractivity contribution in [1.82, 2.24) is 15.6 Å². The highest BCUT2D eigenvalue weighted by atomic mass is 16.6. The number of nitrogens with zero attached hydrogens (tertiary/aromatic N) is 1. The fraction of sp³-hybridized carbons (Fsp3) is 0.525. The fourth-order valence-electron chi connectivity index (χ4n) is 5.61. The number of ether oxygens (including phenoxy) is 6. The molecule has 2 aromatic carbocycles. The molecule has 1 aliphatic rings. The highest BCUT2D eigenvalue weighted by Crippen LogP contribution is 2.36. The Morgan fingerprint density at radius 3 is 2.25 bits per heavy atom. The molecule has 1 aliphatic carbocycles. The summed E-state index contributed by atoms with van der Waals surface area (Å²) in [6, 6.07) is 15.4. The maximum absolute atomic E-state index is 13.4. The van der Waals surface area contributed by atoms with E-state index in [-0.39, 0.29) is 12.5 Å². The van der Waals surface area contributed by atoms with E-state index in [1.165, 1.54) is 0 Å². The highest BCUT2D eigenvalue weighted by molar-refractivity contribution is 6.07. The number of hydrogen-bond acceptors (Lipinski definition) is 10. The zero-order valence-electron chi connectivity index (χ0n) is 30.7. The lowest BCUT2D eigenvalue weighted by molar-refractivity contribution is -0.124. The first-order valence-corrected chi connectivity index (χ1v) is 18.0. The molecule has 0 fully saturated rings. The van der Waals surface area contributed by atoms with Gasteiger partial charge in [-0.3, -0.25) is 4.79 Å². The molecule has 51 heavy (non-hydrogen) atoms. The molecule has 0 radical (unpaired) electrons. The number of esters is 1. The van der Waals surface area contributed by atoms with Gasteiger partial charge >= 0.3 is 5.97 Å². The van der Waals surface area contributed by atoms with E-state index in [9.17, 15) is 9.59 Å². The van der Waals surface area contributed by atoms with Gasteiger partial charge in [-0.1, -0.05) is 51.1 Å². The normalized spacial score (nSPS) is 13.7. The Bertz CT molecular complexity index is 1550. The van der Waals surface area contributed by atoms with Gasteiger partial charge in [-0.15, -0.1) is 0 Å². The molecule has 278 valence electrons. The van der Waals surface area contributed by atoms with Gasteiger partial charge in [0.1, 0.15) is 12.4 Å². The van der Waals surface area contributed by atoms with Crippen LogP contribution >= 0.6 is 0 Å². The van der Waals surface area contributed by atoms with E-state index >= 15 is 0 Å². The standard InChI is InChI=1S/C40H55N3O8/c1-40(2,3)16-17-41-18-21-47-22-23-48-24-25-49-26-27-50-32-14-12-30(13-15-32)28-31-8-7-10-34-37(33-9-5-6-11-35(33)43-38(31)34)39(45)51-29-36(44)42-19-20-46-4/h5-6,9,11-15,28,41H,7-8,10,16-27,29H2,1-4H3,(H,42,44)/b31-28-. The van der Waals surface area contributed by atoms with E-state index in [2.05, 4.69) is 37.5 Å². The van der Waals surface area contributed by atoms with Gasteiger partial charge in [-0.05, 0) is 78.6 Å². The molecule has 0 saturated heterocycles. The Morgan fingerprint density at radius 2 is 1.53 bits per heavy atom. The van der Waals surface area contributed by atoms with E-state index in [1.54, 1.807) is 7.11 Å². The molecular weight excluding hydrogens is 650 g/mol. The largest absolute Gasteiger partial charge is 0.491 e. The summed E-state index contributed by atoms with van der Waals surface area (Å²) in [7, 11) is 1.56. The maximum Gasteiger partial charge on any atom is 0.339 e. The van der Waals surface area contributed by atoms with E-state index in [4.69, 9.17) is 33.4 Å². The van der Waals surface area contributed by atoms with Crippen LogP contribution in [0.15, 0.2) is 48.5 Å². The second kappa shape index (κ2) is 21.5. The van der Waals surface area contributed by atoms with Crippen molar-refractivity contribution >= 4 is 34.4 Å². The van der Waals surface area contributed by atoms with Crippen molar-refractivity contribution in [3.8, 4) is 5.75 Å². The molecule has 11 nitrogen and oxygen atoms in total. The molecule has 0 aliphatic heterocycles. The Labute approximate surface area is 302 Å². The number of para-hydroxylation sites is 1. The zero-order valence-corrected chi connectivity index (χ0v) is 30.7. The molecule has 4 rings (SSSR count). The van der Waals surface area contributed by atoms with Crippen molar-refractivity contribution in [2.24, 2.45) is 5.41 Å². The van der Waals surface area contributed by atoms with E-state index < -0.39 is 5.97 Å². The summed E-state index contributed by atoms with van der Waals surface area (Å²) < 4.78 is 33.1. The summed E-state index contributed by atoms with van der Waals surface area (Å²) in [6.45, 7) is 12.7. The first kappa shape index (κ1) is 39.9. The number of benzene rings is 2. The first-order valence-electron chi connectivity index (χ1n) is 18.0. The van der Waals surface area contributed by atoms with E-state index in [0.29, 0.717) is 82.3 Å². The molecule has 11 heteroatoms. The lowest BCUT2D eigenvalue weighted by Gasteiger charge is -2.22. The Balaban J connectivity index is 1.21. The van der Waals surface area contributed by atoms with Crippen molar-refractivity contribution in [2.75, 3.05) is 86.2 Å². The predicted molar refractivity (Wildman–Crippen MR) is 199 cm³/mol. The van der Waals surface area contributed by atoms with Crippen LogP contribution in [0.1, 0.15) is 67.2 Å². The Kier molecular flexibility index (Phi) is 16.8. The van der Waals surface area contributed by atoms with Gasteiger partial charge in [0, 0.05) is 25.6 Å². The third-order valence-corrected chi connectivity index (χ3v) is 8.27. The Morgan fingerprint density at radius 1 is 0.824 bits per heavy atom. The minimum atomic E-state index is -0.526. The van der Waals surface area contributed by atoms with Crippen molar-refractivity contribution in [3.05, 3.63) is 70.9 Å². The van der Waals surface area contributed by atoms with E-state index in [1.807, 2.05) is 48.5 Å². The molecule has 1 amide bonds. The van der Waals surface area contributed by atoms with Gasteiger partial charge in [0.25, 0.3) is 5.91 Å². The van der Waals surface area contributed by atoms with Crippen LogP contribution in [0.5, 0.6) is 5.75 Å². The quantitative estimate of drug-likeness (QED) is 0.102. The third-order valence-electron chi connectivity index (χ3n) is 8.27. The monoisotopic (exact) mass is 705 g/mol. The van der Waals surface area contributed by atoms with E-state index in [0.717, 1.165) is 65.9 Å². The predicted octanol–water partition coefficient (Wildman–Crippen LogP) is 5.49. The number of pyridine rings is 1. The average Bonchev–Trinajstić information content (AvgIpc) is 3.11. The summed E-state index contributed by atoms with van der Waals surface area (Å²) in [5.74, 6) is -0.144. The molecule has 0 bridgehead atoms. The third kappa shape index (κ3) is 14.0. The van der Waals surface area contributed by atoms with Crippen LogP contribution < -0.4 is 15.4 Å². The SMILES string of the molecule is COCCNC(=O)COC(=O)c1c2c(nc3ccccc13)/C(=C\c1ccc(OCCOCCOCCOCCNCCC(C)(C)C)cc1)CCC2. The van der Waals surface area contributed by atoms with Gasteiger partial charge in [0.05, 0.1) is 63.0 Å². The summed E-state index contributed by atoms with van der Waals surface area (Å²) >= 11 is 0. The maximum atomic E-state index is 13.4. The van der Waals surface area contributed by atoms with Crippen LogP contribution in [-0.2, 0) is 34.9 Å². The number of carbonyl (C=O) groups excluding carboxylic acids is 2. The molecule has 3 aromatic rings. The summed E-state index contributed by atoms with van der Waals surface area (Å²) in [4.78, 5) is 30.6. The first-order chi connectivity index (χ1) is 24.7. The van der Waals surface area contributed by atoms with Crippen molar-refractivity contribution in [1.29, 1.82) is 0 Å².